The lowest BCUT2D eigenvalue weighted by atomic mass is 10.3. The summed E-state index contributed by atoms with van der Waals surface area (Å²) in [5, 5.41) is 6.24. The minimum absolute atomic E-state index is 0.274. The fourth-order valence-electron chi connectivity index (χ4n) is 1.85. The zero-order valence-corrected chi connectivity index (χ0v) is 13.0. The molecule has 6 heteroatoms. The van der Waals surface area contributed by atoms with E-state index in [9.17, 15) is 4.39 Å². The first kappa shape index (κ1) is 14.5. The van der Waals surface area contributed by atoms with Gasteiger partial charge in [-0.1, -0.05) is 12.1 Å². The minimum atomic E-state index is -0.274. The normalized spacial score (nSPS) is 10.3. The molecule has 0 atom stereocenters. The highest BCUT2D eigenvalue weighted by molar-refractivity contribution is 9.10. The fraction of sp³-hybridized carbons (Fsp3) is 0. The standard InChI is InChI=1S/C16H12BrFN4/c17-13-3-1-2-4-14(13)21-16-19-10-9-15(22-16)20-12-7-5-11(18)6-8-12/h1-10H,(H2,19,20,21,22). The Kier molecular flexibility index (Phi) is 4.29. The topological polar surface area (TPSA) is 49.8 Å². The van der Waals surface area contributed by atoms with Gasteiger partial charge in [-0.3, -0.25) is 0 Å². The monoisotopic (exact) mass is 358 g/mol. The number of para-hydroxylation sites is 1. The summed E-state index contributed by atoms with van der Waals surface area (Å²) in [7, 11) is 0. The van der Waals surface area contributed by atoms with Crippen LogP contribution in [0.2, 0.25) is 0 Å². The molecule has 2 aromatic carbocycles. The third-order valence-corrected chi connectivity index (χ3v) is 3.58. The van der Waals surface area contributed by atoms with Gasteiger partial charge in [-0.2, -0.15) is 4.98 Å². The van der Waals surface area contributed by atoms with E-state index in [1.54, 1.807) is 24.4 Å². The fourth-order valence-corrected chi connectivity index (χ4v) is 2.24. The van der Waals surface area contributed by atoms with Crippen molar-refractivity contribution in [3.8, 4) is 0 Å². The van der Waals surface area contributed by atoms with Crippen LogP contribution in [-0.2, 0) is 0 Å². The highest BCUT2D eigenvalue weighted by Crippen LogP contribution is 2.24. The van der Waals surface area contributed by atoms with Crippen molar-refractivity contribution in [2.45, 2.75) is 0 Å². The summed E-state index contributed by atoms with van der Waals surface area (Å²) in [5.41, 5.74) is 1.63. The number of nitrogens with one attached hydrogen (secondary N) is 2. The summed E-state index contributed by atoms with van der Waals surface area (Å²) in [6, 6.07) is 15.5. The second-order valence-electron chi connectivity index (χ2n) is 4.50. The Labute approximate surface area is 135 Å². The van der Waals surface area contributed by atoms with Crippen LogP contribution >= 0.6 is 15.9 Å². The third kappa shape index (κ3) is 3.59. The summed E-state index contributed by atoms with van der Waals surface area (Å²) in [5.74, 6) is 0.819. The summed E-state index contributed by atoms with van der Waals surface area (Å²) in [4.78, 5) is 8.57. The van der Waals surface area contributed by atoms with Gasteiger partial charge >= 0.3 is 0 Å². The maximum absolute atomic E-state index is 12.9. The van der Waals surface area contributed by atoms with Crippen molar-refractivity contribution in [3.05, 3.63) is 71.1 Å². The molecular formula is C16H12BrFN4. The number of rotatable bonds is 4. The quantitative estimate of drug-likeness (QED) is 0.698. The largest absolute Gasteiger partial charge is 0.340 e. The molecule has 110 valence electrons. The average molecular weight is 359 g/mol. The smallest absolute Gasteiger partial charge is 0.229 e. The van der Waals surface area contributed by atoms with Gasteiger partial charge in [0.25, 0.3) is 0 Å². The van der Waals surface area contributed by atoms with Crippen LogP contribution in [0.3, 0.4) is 0 Å². The van der Waals surface area contributed by atoms with Gasteiger partial charge in [-0.15, -0.1) is 0 Å². The van der Waals surface area contributed by atoms with Crippen molar-refractivity contribution in [3.63, 3.8) is 0 Å². The third-order valence-electron chi connectivity index (χ3n) is 2.89. The molecule has 0 bridgehead atoms. The summed E-state index contributed by atoms with van der Waals surface area (Å²) >= 11 is 3.46. The van der Waals surface area contributed by atoms with Gasteiger partial charge in [0.1, 0.15) is 11.6 Å². The van der Waals surface area contributed by atoms with Crippen LogP contribution < -0.4 is 10.6 Å². The maximum Gasteiger partial charge on any atom is 0.229 e. The van der Waals surface area contributed by atoms with Gasteiger partial charge < -0.3 is 10.6 Å². The molecule has 0 fully saturated rings. The number of benzene rings is 2. The zero-order valence-electron chi connectivity index (χ0n) is 11.4. The van der Waals surface area contributed by atoms with Crippen LogP contribution in [0, 0.1) is 5.82 Å². The number of hydrogen-bond acceptors (Lipinski definition) is 4. The molecule has 3 rings (SSSR count). The predicted octanol–water partition coefficient (Wildman–Crippen LogP) is 4.87. The SMILES string of the molecule is Fc1ccc(Nc2ccnc(Nc3ccccc3Br)n2)cc1. The van der Waals surface area contributed by atoms with Crippen molar-refractivity contribution in [2.24, 2.45) is 0 Å². The number of nitrogens with zero attached hydrogens (tertiary/aromatic N) is 2. The molecular weight excluding hydrogens is 347 g/mol. The van der Waals surface area contributed by atoms with Gasteiger partial charge in [-0.05, 0) is 58.4 Å². The second kappa shape index (κ2) is 6.53. The van der Waals surface area contributed by atoms with E-state index in [0.717, 1.165) is 15.8 Å². The summed E-state index contributed by atoms with van der Waals surface area (Å²) in [6.45, 7) is 0. The number of hydrogen-bond donors (Lipinski definition) is 2. The summed E-state index contributed by atoms with van der Waals surface area (Å²) in [6.07, 6.45) is 1.65. The molecule has 1 heterocycles. The average Bonchev–Trinajstić information content (AvgIpc) is 2.52. The number of aromatic nitrogens is 2. The molecule has 0 saturated carbocycles. The highest BCUT2D eigenvalue weighted by atomic mass is 79.9. The molecule has 0 aliphatic heterocycles. The molecule has 0 radical (unpaired) electrons. The molecule has 2 N–H and O–H groups in total. The lowest BCUT2D eigenvalue weighted by molar-refractivity contribution is 0.628. The Bertz CT molecular complexity index is 777. The molecule has 0 aliphatic rings. The lowest BCUT2D eigenvalue weighted by Gasteiger charge is -2.09. The van der Waals surface area contributed by atoms with Crippen molar-refractivity contribution in [1.82, 2.24) is 9.97 Å². The molecule has 0 unspecified atom stereocenters. The van der Waals surface area contributed by atoms with Crippen molar-refractivity contribution in [1.29, 1.82) is 0 Å². The van der Waals surface area contributed by atoms with Crippen molar-refractivity contribution >= 4 is 39.1 Å². The van der Waals surface area contributed by atoms with Crippen LogP contribution in [0.25, 0.3) is 0 Å². The van der Waals surface area contributed by atoms with Crippen LogP contribution in [0.5, 0.6) is 0 Å². The van der Waals surface area contributed by atoms with E-state index in [-0.39, 0.29) is 5.82 Å². The molecule has 22 heavy (non-hydrogen) atoms. The number of anilines is 4. The van der Waals surface area contributed by atoms with Gasteiger partial charge in [0, 0.05) is 16.4 Å². The molecule has 0 spiro atoms. The van der Waals surface area contributed by atoms with Crippen molar-refractivity contribution in [2.75, 3.05) is 10.6 Å². The van der Waals surface area contributed by atoms with Crippen LogP contribution in [0.15, 0.2) is 65.3 Å². The first-order chi connectivity index (χ1) is 10.7. The van der Waals surface area contributed by atoms with Gasteiger partial charge in [0.15, 0.2) is 0 Å². The minimum Gasteiger partial charge on any atom is -0.340 e. The van der Waals surface area contributed by atoms with Crippen LogP contribution in [0.4, 0.5) is 27.5 Å². The zero-order chi connectivity index (χ0) is 15.4. The van der Waals surface area contributed by atoms with E-state index >= 15 is 0 Å². The molecule has 0 amide bonds. The van der Waals surface area contributed by atoms with Crippen LogP contribution in [0.1, 0.15) is 0 Å². The van der Waals surface area contributed by atoms with E-state index in [2.05, 4.69) is 36.5 Å². The maximum atomic E-state index is 12.9. The molecule has 0 saturated heterocycles. The number of halogens is 2. The Morgan fingerprint density at radius 3 is 2.45 bits per heavy atom. The Balaban J connectivity index is 1.78. The van der Waals surface area contributed by atoms with E-state index in [1.807, 2.05) is 24.3 Å². The van der Waals surface area contributed by atoms with E-state index in [1.165, 1.54) is 12.1 Å². The van der Waals surface area contributed by atoms with E-state index < -0.39 is 0 Å². The summed E-state index contributed by atoms with van der Waals surface area (Å²) < 4.78 is 13.8. The Morgan fingerprint density at radius 1 is 0.909 bits per heavy atom. The molecule has 4 nitrogen and oxygen atoms in total. The first-order valence-electron chi connectivity index (χ1n) is 6.58. The first-order valence-corrected chi connectivity index (χ1v) is 7.37. The molecule has 0 aliphatic carbocycles. The molecule has 3 aromatic rings. The highest BCUT2D eigenvalue weighted by Gasteiger charge is 2.03. The van der Waals surface area contributed by atoms with E-state index in [0.29, 0.717) is 11.8 Å². The Hall–Kier alpha value is -2.47. The lowest BCUT2D eigenvalue weighted by Crippen LogP contribution is -2.00. The van der Waals surface area contributed by atoms with E-state index in [4.69, 9.17) is 0 Å². The van der Waals surface area contributed by atoms with Gasteiger partial charge in [-0.25, -0.2) is 9.37 Å². The van der Waals surface area contributed by atoms with Gasteiger partial charge in [0.05, 0.1) is 5.69 Å². The molecule has 1 aromatic heterocycles. The predicted molar refractivity (Wildman–Crippen MR) is 89.1 cm³/mol. The second-order valence-corrected chi connectivity index (χ2v) is 5.36. The van der Waals surface area contributed by atoms with Crippen LogP contribution in [-0.4, -0.2) is 9.97 Å². The Morgan fingerprint density at radius 2 is 1.68 bits per heavy atom. The van der Waals surface area contributed by atoms with Gasteiger partial charge in [0.2, 0.25) is 5.95 Å². The van der Waals surface area contributed by atoms with Crippen molar-refractivity contribution < 1.29 is 4.39 Å².